The van der Waals surface area contributed by atoms with Crippen molar-refractivity contribution in [2.45, 2.75) is 26.4 Å². The van der Waals surface area contributed by atoms with E-state index in [4.69, 9.17) is 5.73 Å². The molecule has 0 aliphatic heterocycles. The second kappa shape index (κ2) is 7.28. The fraction of sp³-hybridized carbons (Fsp3) is 0.235. The summed E-state index contributed by atoms with van der Waals surface area (Å²) in [7, 11) is 0. The fourth-order valence-corrected chi connectivity index (χ4v) is 3.04. The highest BCUT2D eigenvalue weighted by molar-refractivity contribution is 7.18. The van der Waals surface area contributed by atoms with Gasteiger partial charge in [-0.05, 0) is 45.0 Å². The van der Waals surface area contributed by atoms with Crippen LogP contribution in [0.5, 0.6) is 0 Å². The highest BCUT2D eigenvalue weighted by Crippen LogP contribution is 2.35. The molecule has 2 aromatic rings. The predicted molar refractivity (Wildman–Crippen MR) is 92.8 cm³/mol. The Morgan fingerprint density at radius 2 is 1.77 bits per heavy atom. The van der Waals surface area contributed by atoms with Crippen LogP contribution in [0.25, 0.3) is 0 Å². The summed E-state index contributed by atoms with van der Waals surface area (Å²) in [5.74, 6) is -3.03. The molecule has 0 aliphatic rings. The number of nitrogens with one attached hydrogen (secondary N) is 1. The first kappa shape index (κ1) is 19.6. The quantitative estimate of drug-likeness (QED) is 0.594. The molecule has 26 heavy (non-hydrogen) atoms. The number of carbonyl (C=O) groups excluding carboxylic acids is 3. The van der Waals surface area contributed by atoms with Crippen LogP contribution >= 0.6 is 11.3 Å². The van der Waals surface area contributed by atoms with Crippen molar-refractivity contribution in [1.29, 1.82) is 0 Å². The van der Waals surface area contributed by atoms with Crippen molar-refractivity contribution in [3.8, 4) is 0 Å². The van der Waals surface area contributed by atoms with E-state index < -0.39 is 29.1 Å². The number of hydrogen-bond donors (Lipinski definition) is 2. The maximum Gasteiger partial charge on any atom is 0.243 e. The zero-order valence-electron chi connectivity index (χ0n) is 14.2. The Morgan fingerprint density at radius 1 is 1.19 bits per heavy atom. The molecule has 1 radical (unpaired) electrons. The first-order valence-electron chi connectivity index (χ1n) is 7.46. The van der Waals surface area contributed by atoms with Crippen molar-refractivity contribution in [2.24, 2.45) is 5.73 Å². The molecule has 1 heterocycles. The molecule has 0 saturated heterocycles. The zero-order chi connectivity index (χ0) is 19.6. The van der Waals surface area contributed by atoms with E-state index >= 15 is 0 Å². The van der Waals surface area contributed by atoms with Gasteiger partial charge in [0.15, 0.2) is 5.13 Å². The van der Waals surface area contributed by atoms with Crippen LogP contribution in [0.2, 0.25) is 0 Å². The summed E-state index contributed by atoms with van der Waals surface area (Å²) < 4.78 is 27.5. The molecule has 1 aromatic carbocycles. The molecule has 0 spiro atoms. The topological polar surface area (TPSA) is 102 Å². The Balaban J connectivity index is 2.40. The molecule has 2 amide bonds. The Labute approximate surface area is 152 Å². The lowest BCUT2D eigenvalue weighted by molar-refractivity contribution is -0.122. The number of rotatable bonds is 6. The monoisotopic (exact) mass is 380 g/mol. The minimum Gasteiger partial charge on any atom is -0.369 e. The molecule has 0 fully saturated rings. The van der Waals surface area contributed by atoms with Gasteiger partial charge in [-0.1, -0.05) is 11.3 Å². The number of alkyl halides is 1. The molecule has 0 unspecified atom stereocenters. The first-order valence-corrected chi connectivity index (χ1v) is 8.27. The molecule has 1 aromatic heterocycles. The molecule has 0 atom stereocenters. The first-order chi connectivity index (χ1) is 12.0. The van der Waals surface area contributed by atoms with E-state index in [2.05, 4.69) is 10.3 Å². The van der Waals surface area contributed by atoms with Crippen LogP contribution in [0, 0.1) is 11.7 Å². The highest BCUT2D eigenvalue weighted by atomic mass is 32.1. The molecule has 0 bridgehead atoms. The normalized spacial score (nSPS) is 11.5. The molecule has 0 aliphatic carbocycles. The molecule has 6 nitrogen and oxygen atoms in total. The molecule has 2 rings (SSSR count). The molecular weight excluding hydrogens is 364 g/mol. The van der Waals surface area contributed by atoms with Gasteiger partial charge in [0, 0.05) is 5.56 Å². The highest BCUT2D eigenvalue weighted by Gasteiger charge is 2.32. The van der Waals surface area contributed by atoms with Gasteiger partial charge in [-0.15, -0.1) is 0 Å². The van der Waals surface area contributed by atoms with Crippen LogP contribution < -0.4 is 11.1 Å². The maximum atomic E-state index is 14.5. The minimum absolute atomic E-state index is 0.0314. The van der Waals surface area contributed by atoms with Gasteiger partial charge in [-0.3, -0.25) is 14.4 Å². The Bertz CT molecular complexity index is 857. The van der Waals surface area contributed by atoms with Crippen LogP contribution in [0.3, 0.4) is 0 Å². The fourth-order valence-electron chi connectivity index (χ4n) is 1.97. The summed E-state index contributed by atoms with van der Waals surface area (Å²) in [6.07, 6.45) is 0. The molecule has 9 heteroatoms. The SMILES string of the molecule is C[C](C(N)=O)C(=O)Nc1nc(C(C)(C)F)c(C(=O)c2ccc(F)cc2)s1. The van der Waals surface area contributed by atoms with E-state index in [0.717, 1.165) is 23.5 Å². The number of nitrogens with zero attached hydrogens (tertiary/aromatic N) is 1. The van der Waals surface area contributed by atoms with Gasteiger partial charge in [0.2, 0.25) is 17.6 Å². The van der Waals surface area contributed by atoms with E-state index in [9.17, 15) is 23.2 Å². The van der Waals surface area contributed by atoms with Gasteiger partial charge in [0.1, 0.15) is 28.0 Å². The van der Waals surface area contributed by atoms with Gasteiger partial charge in [0.05, 0.1) is 0 Å². The number of hydrogen-bond acceptors (Lipinski definition) is 5. The average molecular weight is 380 g/mol. The lowest BCUT2D eigenvalue weighted by Gasteiger charge is -2.12. The van der Waals surface area contributed by atoms with Crippen molar-refractivity contribution in [3.63, 3.8) is 0 Å². The third kappa shape index (κ3) is 4.29. The summed E-state index contributed by atoms with van der Waals surface area (Å²) in [6.45, 7) is 3.67. The molecule has 3 N–H and O–H groups in total. The van der Waals surface area contributed by atoms with Crippen LogP contribution in [0.15, 0.2) is 24.3 Å². The number of carbonyl (C=O) groups is 3. The van der Waals surface area contributed by atoms with Gasteiger partial charge in [0.25, 0.3) is 0 Å². The Morgan fingerprint density at radius 3 is 2.27 bits per heavy atom. The second-order valence-electron chi connectivity index (χ2n) is 5.95. The second-order valence-corrected chi connectivity index (χ2v) is 6.95. The van der Waals surface area contributed by atoms with Gasteiger partial charge in [-0.2, -0.15) is 0 Å². The van der Waals surface area contributed by atoms with E-state index in [1.165, 1.54) is 32.9 Å². The summed E-state index contributed by atoms with van der Waals surface area (Å²) in [5, 5.41) is 2.27. The number of primary amides is 1. The van der Waals surface area contributed by atoms with Crippen LogP contribution in [0.4, 0.5) is 13.9 Å². The van der Waals surface area contributed by atoms with Crippen LogP contribution in [-0.2, 0) is 15.3 Å². The van der Waals surface area contributed by atoms with Crippen molar-refractivity contribution < 1.29 is 23.2 Å². The van der Waals surface area contributed by atoms with Crippen molar-refractivity contribution >= 4 is 34.1 Å². The Kier molecular flexibility index (Phi) is 5.50. The summed E-state index contributed by atoms with van der Waals surface area (Å²) in [4.78, 5) is 39.5. The molecule has 137 valence electrons. The van der Waals surface area contributed by atoms with Gasteiger partial charge >= 0.3 is 0 Å². The number of ketones is 1. The van der Waals surface area contributed by atoms with Crippen LogP contribution in [-0.4, -0.2) is 22.6 Å². The Hall–Kier alpha value is -2.68. The van der Waals surface area contributed by atoms with E-state index in [-0.39, 0.29) is 27.2 Å². The predicted octanol–water partition coefficient (Wildman–Crippen LogP) is 2.74. The average Bonchev–Trinajstić information content (AvgIpc) is 2.98. The van der Waals surface area contributed by atoms with E-state index in [1.54, 1.807) is 0 Å². The van der Waals surface area contributed by atoms with Crippen molar-refractivity contribution in [2.75, 3.05) is 5.32 Å². The van der Waals surface area contributed by atoms with Crippen molar-refractivity contribution in [3.05, 3.63) is 52.1 Å². The smallest absolute Gasteiger partial charge is 0.243 e. The standard InChI is InChI=1S/C17H16F2N3O3S/c1-8(14(20)24)15(25)22-16-21-13(17(2,3)19)12(26-16)11(23)9-4-6-10(18)7-5-9/h4-7H,1-3H3,(H2,20,24)(H,21,22,25). The lowest BCUT2D eigenvalue weighted by Crippen LogP contribution is -2.30. The van der Waals surface area contributed by atoms with Crippen LogP contribution in [0.1, 0.15) is 41.7 Å². The molecule has 0 saturated carbocycles. The number of thiazole rings is 1. The van der Waals surface area contributed by atoms with Gasteiger partial charge in [-0.25, -0.2) is 13.8 Å². The summed E-state index contributed by atoms with van der Waals surface area (Å²) >= 11 is 0.759. The van der Waals surface area contributed by atoms with Gasteiger partial charge < -0.3 is 11.1 Å². The number of aromatic nitrogens is 1. The zero-order valence-corrected chi connectivity index (χ0v) is 15.0. The van der Waals surface area contributed by atoms with Crippen molar-refractivity contribution in [1.82, 2.24) is 4.98 Å². The largest absolute Gasteiger partial charge is 0.369 e. The number of benzene rings is 1. The lowest BCUT2D eigenvalue weighted by atomic mass is 10.0. The van der Waals surface area contributed by atoms with E-state index in [0.29, 0.717) is 0 Å². The number of anilines is 1. The number of amides is 2. The van der Waals surface area contributed by atoms with E-state index in [1.807, 2.05) is 0 Å². The maximum absolute atomic E-state index is 14.5. The molecular formula is C17H16F2N3O3S. The third-order valence-corrected chi connectivity index (χ3v) is 4.40. The number of nitrogens with two attached hydrogens (primary N) is 1. The summed E-state index contributed by atoms with van der Waals surface area (Å²) in [5.41, 5.74) is 3.06. The minimum atomic E-state index is -1.97. The number of halogens is 2. The third-order valence-electron chi connectivity index (χ3n) is 3.43. The summed E-state index contributed by atoms with van der Waals surface area (Å²) in [6, 6.07) is 4.77.